The molecule has 0 heterocycles. The third-order valence-electron chi connectivity index (χ3n) is 4.53. The van der Waals surface area contributed by atoms with Crippen LogP contribution in [0.4, 0.5) is 0 Å². The lowest BCUT2D eigenvalue weighted by Gasteiger charge is -2.17. The number of benzene rings is 3. The van der Waals surface area contributed by atoms with Crippen molar-refractivity contribution in [2.75, 3.05) is 13.7 Å². The molecule has 0 saturated carbocycles. The maximum Gasteiger partial charge on any atom is 0.127 e. The first-order valence-electron chi connectivity index (χ1n) is 8.86. The number of nitrogens with two attached hydrogens (primary N) is 1. The minimum atomic E-state index is 0.256. The number of hydrogen-bond donors (Lipinski definition) is 1. The van der Waals surface area contributed by atoms with Gasteiger partial charge in [-0.05, 0) is 66.9 Å². The molecule has 3 heteroatoms. The van der Waals surface area contributed by atoms with E-state index in [-0.39, 0.29) is 5.92 Å². The second-order valence-electron chi connectivity index (χ2n) is 6.43. The third kappa shape index (κ3) is 4.44. The van der Waals surface area contributed by atoms with Crippen LogP contribution in [0.25, 0.3) is 0 Å². The van der Waals surface area contributed by atoms with Gasteiger partial charge in [0.05, 0.1) is 7.11 Å². The van der Waals surface area contributed by atoms with Crippen LogP contribution in [0, 0.1) is 6.92 Å². The van der Waals surface area contributed by atoms with Gasteiger partial charge in [0.25, 0.3) is 0 Å². The Labute approximate surface area is 155 Å². The van der Waals surface area contributed by atoms with E-state index >= 15 is 0 Å². The monoisotopic (exact) mass is 347 g/mol. The summed E-state index contributed by atoms with van der Waals surface area (Å²) < 4.78 is 11.3. The molecule has 0 fully saturated rings. The van der Waals surface area contributed by atoms with Crippen LogP contribution < -0.4 is 15.2 Å². The summed E-state index contributed by atoms with van der Waals surface area (Å²) in [7, 11) is 1.70. The van der Waals surface area contributed by atoms with Gasteiger partial charge in [-0.2, -0.15) is 0 Å². The van der Waals surface area contributed by atoms with Crippen LogP contribution in [0.1, 0.15) is 22.6 Å². The fraction of sp³-hybridized carbons (Fsp3) is 0.217. The Balaban J connectivity index is 1.76. The van der Waals surface area contributed by atoms with Crippen LogP contribution in [0.5, 0.6) is 17.2 Å². The van der Waals surface area contributed by atoms with Crippen LogP contribution in [-0.4, -0.2) is 13.7 Å². The first-order valence-corrected chi connectivity index (χ1v) is 8.86. The minimum Gasteiger partial charge on any atom is -0.496 e. The van der Waals surface area contributed by atoms with Crippen LogP contribution in [0.3, 0.4) is 0 Å². The molecule has 0 radical (unpaired) electrons. The third-order valence-corrected chi connectivity index (χ3v) is 4.53. The Bertz CT molecular complexity index is 846. The lowest BCUT2D eigenvalue weighted by atomic mass is 9.91. The number of ether oxygens (including phenoxy) is 2. The highest BCUT2D eigenvalue weighted by molar-refractivity contribution is 5.39. The summed E-state index contributed by atoms with van der Waals surface area (Å²) in [5.74, 6) is 2.84. The molecule has 2 N–H and O–H groups in total. The largest absolute Gasteiger partial charge is 0.496 e. The standard InChI is InChI=1S/C23H25NO2/c1-17-13-19(11-12-23(17)25-2)20(16-24)14-18-7-6-10-22(15-18)26-21-8-4-3-5-9-21/h3-13,15,20H,14,16,24H2,1-2H3. The van der Waals surface area contributed by atoms with Gasteiger partial charge in [-0.15, -0.1) is 0 Å². The van der Waals surface area contributed by atoms with E-state index in [9.17, 15) is 0 Å². The van der Waals surface area contributed by atoms with E-state index in [4.69, 9.17) is 15.2 Å². The van der Waals surface area contributed by atoms with Gasteiger partial charge in [-0.25, -0.2) is 0 Å². The Kier molecular flexibility index (Phi) is 5.92. The van der Waals surface area contributed by atoms with E-state index in [0.717, 1.165) is 29.2 Å². The molecule has 0 aliphatic heterocycles. The van der Waals surface area contributed by atoms with Gasteiger partial charge in [0.1, 0.15) is 17.2 Å². The van der Waals surface area contributed by atoms with Crippen LogP contribution in [0.15, 0.2) is 72.8 Å². The maximum atomic E-state index is 6.07. The molecule has 134 valence electrons. The molecule has 3 aromatic carbocycles. The van der Waals surface area contributed by atoms with Gasteiger partial charge >= 0.3 is 0 Å². The zero-order valence-corrected chi connectivity index (χ0v) is 15.3. The molecule has 0 bridgehead atoms. The van der Waals surface area contributed by atoms with Crippen molar-refractivity contribution in [1.82, 2.24) is 0 Å². The van der Waals surface area contributed by atoms with Gasteiger partial charge in [0.15, 0.2) is 0 Å². The molecule has 3 aromatic rings. The molecule has 1 atom stereocenters. The Morgan fingerprint density at radius 3 is 2.35 bits per heavy atom. The van der Waals surface area contributed by atoms with E-state index in [1.54, 1.807) is 7.11 Å². The predicted octanol–water partition coefficient (Wildman–Crippen LogP) is 5.08. The first kappa shape index (κ1) is 18.0. The van der Waals surface area contributed by atoms with Crippen LogP contribution in [-0.2, 0) is 6.42 Å². The normalized spacial score (nSPS) is 11.8. The number of rotatable bonds is 7. The number of aryl methyl sites for hydroxylation is 1. The summed E-state index contributed by atoms with van der Waals surface area (Å²) in [5.41, 5.74) is 9.65. The van der Waals surface area contributed by atoms with Gasteiger partial charge in [-0.1, -0.05) is 42.5 Å². The van der Waals surface area contributed by atoms with E-state index < -0.39 is 0 Å². The quantitative estimate of drug-likeness (QED) is 0.648. The fourth-order valence-corrected chi connectivity index (χ4v) is 3.14. The smallest absolute Gasteiger partial charge is 0.127 e. The van der Waals surface area contributed by atoms with E-state index in [1.807, 2.05) is 48.5 Å². The summed E-state index contributed by atoms with van der Waals surface area (Å²) in [6, 6.07) is 24.3. The van der Waals surface area contributed by atoms with Crippen molar-refractivity contribution in [3.63, 3.8) is 0 Å². The fourth-order valence-electron chi connectivity index (χ4n) is 3.14. The highest BCUT2D eigenvalue weighted by atomic mass is 16.5. The SMILES string of the molecule is COc1ccc(C(CN)Cc2cccc(Oc3ccccc3)c2)cc1C. The summed E-state index contributed by atoms with van der Waals surface area (Å²) in [6.07, 6.45) is 0.869. The van der Waals surface area contributed by atoms with Gasteiger partial charge < -0.3 is 15.2 Å². The molecule has 0 aliphatic carbocycles. The van der Waals surface area contributed by atoms with Crippen LogP contribution in [0.2, 0.25) is 0 Å². The zero-order chi connectivity index (χ0) is 18.4. The molecular weight excluding hydrogens is 322 g/mol. The van der Waals surface area contributed by atoms with Gasteiger partial charge in [0, 0.05) is 5.92 Å². The highest BCUT2D eigenvalue weighted by Gasteiger charge is 2.13. The van der Waals surface area contributed by atoms with E-state index in [2.05, 4.69) is 31.2 Å². The van der Waals surface area contributed by atoms with Gasteiger partial charge in [0.2, 0.25) is 0 Å². The van der Waals surface area contributed by atoms with E-state index in [0.29, 0.717) is 6.54 Å². The molecule has 0 aliphatic rings. The first-order chi connectivity index (χ1) is 12.7. The second kappa shape index (κ2) is 8.54. The molecule has 0 spiro atoms. The molecule has 3 nitrogen and oxygen atoms in total. The molecular formula is C23H25NO2. The van der Waals surface area contributed by atoms with E-state index in [1.165, 1.54) is 11.1 Å². The van der Waals surface area contributed by atoms with Crippen molar-refractivity contribution in [1.29, 1.82) is 0 Å². The Morgan fingerprint density at radius 1 is 0.885 bits per heavy atom. The highest BCUT2D eigenvalue weighted by Crippen LogP contribution is 2.28. The summed E-state index contributed by atoms with van der Waals surface area (Å²) in [4.78, 5) is 0. The average Bonchev–Trinajstić information content (AvgIpc) is 2.67. The summed E-state index contributed by atoms with van der Waals surface area (Å²) in [6.45, 7) is 2.65. The molecule has 26 heavy (non-hydrogen) atoms. The molecule has 0 aromatic heterocycles. The molecule has 0 saturated heterocycles. The van der Waals surface area contributed by atoms with Crippen LogP contribution >= 0.6 is 0 Å². The number of methoxy groups -OCH3 is 1. The average molecular weight is 347 g/mol. The van der Waals surface area contributed by atoms with Crippen molar-refractivity contribution in [3.8, 4) is 17.2 Å². The maximum absolute atomic E-state index is 6.07. The van der Waals surface area contributed by atoms with Crippen molar-refractivity contribution in [3.05, 3.63) is 89.5 Å². The topological polar surface area (TPSA) is 44.5 Å². The number of hydrogen-bond acceptors (Lipinski definition) is 3. The lowest BCUT2D eigenvalue weighted by Crippen LogP contribution is -2.15. The summed E-state index contributed by atoms with van der Waals surface area (Å²) >= 11 is 0. The summed E-state index contributed by atoms with van der Waals surface area (Å²) in [5, 5.41) is 0. The lowest BCUT2D eigenvalue weighted by molar-refractivity contribution is 0.411. The zero-order valence-electron chi connectivity index (χ0n) is 15.3. The predicted molar refractivity (Wildman–Crippen MR) is 106 cm³/mol. The molecule has 1 unspecified atom stereocenters. The van der Waals surface area contributed by atoms with Crippen molar-refractivity contribution in [2.24, 2.45) is 5.73 Å². The van der Waals surface area contributed by atoms with Crippen molar-refractivity contribution < 1.29 is 9.47 Å². The van der Waals surface area contributed by atoms with Crippen molar-refractivity contribution in [2.45, 2.75) is 19.3 Å². The Morgan fingerprint density at radius 2 is 1.65 bits per heavy atom. The molecule has 0 amide bonds. The van der Waals surface area contributed by atoms with Gasteiger partial charge in [-0.3, -0.25) is 0 Å². The minimum absolute atomic E-state index is 0.256. The number of para-hydroxylation sites is 1. The molecule has 3 rings (SSSR count). The Hall–Kier alpha value is -2.78. The van der Waals surface area contributed by atoms with Crippen molar-refractivity contribution >= 4 is 0 Å². The second-order valence-corrected chi connectivity index (χ2v) is 6.43.